The standard InChI is InChI=1S/C11H8N2OS/c1-7-5-9(10-3-2-4-15-10)13-11(14)8(7)6-12/h2-5H,1H3,(H,13,14). The fourth-order valence-corrected chi connectivity index (χ4v) is 2.09. The lowest BCUT2D eigenvalue weighted by atomic mass is 10.1. The van der Waals surface area contributed by atoms with Crippen molar-refractivity contribution in [2.45, 2.75) is 6.92 Å². The highest BCUT2D eigenvalue weighted by Gasteiger charge is 2.07. The Balaban J connectivity index is 2.65. The number of hydrogen-bond donors (Lipinski definition) is 1. The van der Waals surface area contributed by atoms with Crippen molar-refractivity contribution in [3.8, 4) is 16.6 Å². The number of rotatable bonds is 1. The molecule has 2 rings (SSSR count). The van der Waals surface area contributed by atoms with Crippen LogP contribution < -0.4 is 5.56 Å². The number of aryl methyl sites for hydroxylation is 1. The van der Waals surface area contributed by atoms with Crippen LogP contribution in [0.25, 0.3) is 10.6 Å². The summed E-state index contributed by atoms with van der Waals surface area (Å²) >= 11 is 1.55. The van der Waals surface area contributed by atoms with Crippen molar-refractivity contribution < 1.29 is 0 Å². The van der Waals surface area contributed by atoms with E-state index < -0.39 is 0 Å². The molecule has 0 amide bonds. The van der Waals surface area contributed by atoms with Gasteiger partial charge in [0.1, 0.15) is 11.6 Å². The zero-order chi connectivity index (χ0) is 10.8. The minimum Gasteiger partial charge on any atom is -0.320 e. The zero-order valence-corrected chi connectivity index (χ0v) is 8.89. The molecule has 2 aromatic rings. The van der Waals surface area contributed by atoms with E-state index >= 15 is 0 Å². The predicted octanol–water partition coefficient (Wildman–Crippen LogP) is 2.28. The Labute approximate surface area is 90.6 Å². The minimum absolute atomic E-state index is 0.190. The molecule has 0 aromatic carbocycles. The Morgan fingerprint density at radius 2 is 2.33 bits per heavy atom. The molecule has 2 aromatic heterocycles. The molecule has 74 valence electrons. The minimum atomic E-state index is -0.319. The molecule has 0 unspecified atom stereocenters. The van der Waals surface area contributed by atoms with Gasteiger partial charge in [0.15, 0.2) is 0 Å². The van der Waals surface area contributed by atoms with Gasteiger partial charge in [-0.2, -0.15) is 5.26 Å². The van der Waals surface area contributed by atoms with E-state index in [1.807, 2.05) is 29.6 Å². The van der Waals surface area contributed by atoms with Gasteiger partial charge in [-0.1, -0.05) is 6.07 Å². The van der Waals surface area contributed by atoms with Crippen molar-refractivity contribution in [2.75, 3.05) is 0 Å². The summed E-state index contributed by atoms with van der Waals surface area (Å²) in [4.78, 5) is 15.2. The van der Waals surface area contributed by atoms with E-state index in [-0.39, 0.29) is 11.1 Å². The summed E-state index contributed by atoms with van der Waals surface area (Å²) < 4.78 is 0. The predicted molar refractivity (Wildman–Crippen MR) is 59.8 cm³/mol. The molecule has 0 atom stereocenters. The van der Waals surface area contributed by atoms with Crippen LogP contribution in [0.2, 0.25) is 0 Å². The van der Waals surface area contributed by atoms with Crippen LogP contribution in [-0.4, -0.2) is 4.98 Å². The molecule has 3 nitrogen and oxygen atoms in total. The number of nitrogens with one attached hydrogen (secondary N) is 1. The van der Waals surface area contributed by atoms with Crippen LogP contribution in [0.1, 0.15) is 11.1 Å². The summed E-state index contributed by atoms with van der Waals surface area (Å²) in [6.07, 6.45) is 0. The van der Waals surface area contributed by atoms with Gasteiger partial charge in [0.05, 0.1) is 10.6 Å². The molecule has 0 aliphatic carbocycles. The van der Waals surface area contributed by atoms with Crippen LogP contribution in [0.4, 0.5) is 0 Å². The van der Waals surface area contributed by atoms with E-state index in [1.54, 1.807) is 18.3 Å². The van der Waals surface area contributed by atoms with Gasteiger partial charge in [0, 0.05) is 0 Å². The van der Waals surface area contributed by atoms with Crippen molar-refractivity contribution in [1.29, 1.82) is 5.26 Å². The van der Waals surface area contributed by atoms with Gasteiger partial charge in [-0.3, -0.25) is 4.79 Å². The smallest absolute Gasteiger partial charge is 0.266 e. The van der Waals surface area contributed by atoms with Crippen molar-refractivity contribution in [1.82, 2.24) is 4.98 Å². The molecule has 0 fully saturated rings. The second-order valence-electron chi connectivity index (χ2n) is 3.16. The first-order valence-corrected chi connectivity index (χ1v) is 5.28. The van der Waals surface area contributed by atoms with Crippen molar-refractivity contribution in [3.05, 3.63) is 45.1 Å². The maximum Gasteiger partial charge on any atom is 0.266 e. The number of nitrogens with zero attached hydrogens (tertiary/aromatic N) is 1. The van der Waals surface area contributed by atoms with Crippen molar-refractivity contribution in [2.24, 2.45) is 0 Å². The van der Waals surface area contributed by atoms with Crippen molar-refractivity contribution in [3.63, 3.8) is 0 Å². The fourth-order valence-electron chi connectivity index (χ4n) is 1.39. The maximum absolute atomic E-state index is 11.5. The summed E-state index contributed by atoms with van der Waals surface area (Å²) in [7, 11) is 0. The van der Waals surface area contributed by atoms with Gasteiger partial charge >= 0.3 is 0 Å². The summed E-state index contributed by atoms with van der Waals surface area (Å²) in [6.45, 7) is 1.77. The molecule has 0 radical (unpaired) electrons. The average molecular weight is 216 g/mol. The van der Waals surface area contributed by atoms with Gasteiger partial charge in [0.25, 0.3) is 5.56 Å². The molecular weight excluding hydrogens is 208 g/mol. The molecule has 0 aliphatic rings. The normalized spacial score (nSPS) is 9.87. The van der Waals surface area contributed by atoms with E-state index in [1.165, 1.54) is 0 Å². The second-order valence-corrected chi connectivity index (χ2v) is 4.11. The lowest BCUT2D eigenvalue weighted by molar-refractivity contribution is 1.19. The average Bonchev–Trinajstić information content (AvgIpc) is 2.69. The largest absolute Gasteiger partial charge is 0.320 e. The number of thiophene rings is 1. The Morgan fingerprint density at radius 1 is 1.53 bits per heavy atom. The molecule has 0 saturated heterocycles. The SMILES string of the molecule is Cc1cc(-c2cccs2)[nH]c(=O)c1C#N. The third kappa shape index (κ3) is 1.69. The molecule has 0 bridgehead atoms. The fraction of sp³-hybridized carbons (Fsp3) is 0.0909. The first-order chi connectivity index (χ1) is 7.22. The maximum atomic E-state index is 11.5. The van der Waals surface area contributed by atoms with Crippen LogP contribution in [-0.2, 0) is 0 Å². The summed E-state index contributed by atoms with van der Waals surface area (Å²) in [5.74, 6) is 0. The molecule has 1 N–H and O–H groups in total. The lowest BCUT2D eigenvalue weighted by Crippen LogP contribution is -2.12. The van der Waals surface area contributed by atoms with E-state index in [0.29, 0.717) is 5.56 Å². The van der Waals surface area contributed by atoms with E-state index in [4.69, 9.17) is 5.26 Å². The molecule has 0 aliphatic heterocycles. The molecule has 2 heterocycles. The van der Waals surface area contributed by atoms with E-state index in [2.05, 4.69) is 4.98 Å². The zero-order valence-electron chi connectivity index (χ0n) is 8.07. The highest BCUT2D eigenvalue weighted by Crippen LogP contribution is 2.22. The highest BCUT2D eigenvalue weighted by molar-refractivity contribution is 7.13. The molecule has 4 heteroatoms. The van der Waals surface area contributed by atoms with Crippen LogP contribution >= 0.6 is 11.3 Å². The lowest BCUT2D eigenvalue weighted by Gasteiger charge is -2.00. The molecule has 0 saturated carbocycles. The van der Waals surface area contributed by atoms with Gasteiger partial charge in [-0.25, -0.2) is 0 Å². The summed E-state index contributed by atoms with van der Waals surface area (Å²) in [5.41, 5.74) is 1.35. The number of H-pyrrole nitrogens is 1. The Bertz CT molecular complexity index is 576. The number of hydrogen-bond acceptors (Lipinski definition) is 3. The van der Waals surface area contributed by atoms with Crippen LogP contribution in [0.3, 0.4) is 0 Å². The van der Waals surface area contributed by atoms with E-state index in [9.17, 15) is 4.79 Å². The molecule has 15 heavy (non-hydrogen) atoms. The summed E-state index contributed by atoms with van der Waals surface area (Å²) in [5, 5.41) is 10.7. The van der Waals surface area contributed by atoms with Crippen molar-refractivity contribution >= 4 is 11.3 Å². The van der Waals surface area contributed by atoms with Crippen LogP contribution in [0.15, 0.2) is 28.4 Å². The number of nitriles is 1. The molecule has 0 spiro atoms. The first-order valence-electron chi connectivity index (χ1n) is 4.40. The Kier molecular flexibility index (Phi) is 2.40. The number of aromatic nitrogens is 1. The van der Waals surface area contributed by atoms with Gasteiger partial charge in [-0.05, 0) is 30.0 Å². The van der Waals surface area contributed by atoms with Crippen LogP contribution in [0, 0.1) is 18.3 Å². The van der Waals surface area contributed by atoms with Gasteiger partial charge in [-0.15, -0.1) is 11.3 Å². The number of pyridine rings is 1. The Morgan fingerprint density at radius 3 is 2.87 bits per heavy atom. The quantitative estimate of drug-likeness (QED) is 0.795. The monoisotopic (exact) mass is 216 g/mol. The third-order valence-corrected chi connectivity index (χ3v) is 3.03. The van der Waals surface area contributed by atoms with Gasteiger partial charge in [0.2, 0.25) is 0 Å². The second kappa shape index (κ2) is 3.71. The van der Waals surface area contributed by atoms with Crippen LogP contribution in [0.5, 0.6) is 0 Å². The third-order valence-electron chi connectivity index (χ3n) is 2.13. The van der Waals surface area contributed by atoms with Gasteiger partial charge < -0.3 is 4.98 Å². The first kappa shape index (κ1) is 9.69. The summed E-state index contributed by atoms with van der Waals surface area (Å²) in [6, 6.07) is 7.58. The Hall–Kier alpha value is -1.86. The van der Waals surface area contributed by atoms with E-state index in [0.717, 1.165) is 10.6 Å². The number of aromatic amines is 1. The highest BCUT2D eigenvalue weighted by atomic mass is 32.1. The molecular formula is C11H8N2OS. The topological polar surface area (TPSA) is 56.6 Å².